The summed E-state index contributed by atoms with van der Waals surface area (Å²) in [7, 11) is 0. The van der Waals surface area contributed by atoms with Crippen molar-refractivity contribution in [2.45, 2.75) is 58.0 Å². The highest BCUT2D eigenvalue weighted by molar-refractivity contribution is 5.73. The summed E-state index contributed by atoms with van der Waals surface area (Å²) in [6, 6.07) is 0. The molecule has 5 nitrogen and oxygen atoms in total. The summed E-state index contributed by atoms with van der Waals surface area (Å²) < 4.78 is 4.52. The molecule has 0 fully saturated rings. The van der Waals surface area contributed by atoms with Crippen molar-refractivity contribution in [2.24, 2.45) is 0 Å². The summed E-state index contributed by atoms with van der Waals surface area (Å²) in [6.07, 6.45) is -0.303. The van der Waals surface area contributed by atoms with Gasteiger partial charge in [-0.05, 0) is 26.7 Å². The molecule has 5 heteroatoms. The first-order valence-corrected chi connectivity index (χ1v) is 5.18. The first-order chi connectivity index (χ1) is 6.93. The van der Waals surface area contributed by atoms with Crippen molar-refractivity contribution in [2.75, 3.05) is 0 Å². The molecule has 0 radical (unpaired) electrons. The molecule has 90 valence electrons. The maximum absolute atomic E-state index is 10.8. The van der Waals surface area contributed by atoms with Gasteiger partial charge in [-0.3, -0.25) is 0 Å². The summed E-state index contributed by atoms with van der Waals surface area (Å²) in [5.74, 6) is -0.821. The van der Waals surface area contributed by atoms with E-state index in [9.17, 15) is 9.90 Å². The molecule has 15 heavy (non-hydrogen) atoms. The second kappa shape index (κ2) is 7.62. The fourth-order valence-corrected chi connectivity index (χ4v) is 1.05. The lowest BCUT2D eigenvalue weighted by molar-refractivity contribution is -0.177. The van der Waals surface area contributed by atoms with Crippen LogP contribution in [0.15, 0.2) is 0 Å². The van der Waals surface area contributed by atoms with Gasteiger partial charge in [-0.1, -0.05) is 6.42 Å². The van der Waals surface area contributed by atoms with Gasteiger partial charge >= 0.3 is 5.97 Å². The van der Waals surface area contributed by atoms with Gasteiger partial charge in [0.1, 0.15) is 6.10 Å². The quantitative estimate of drug-likeness (QED) is 0.323. The molecular formula is C10H20O5. The number of carbonyl (C=O) groups is 1. The predicted octanol–water partition coefficient (Wildman–Crippen LogP) is 0.170. The molecular weight excluding hydrogens is 200 g/mol. The number of unbranched alkanes of at least 4 members (excludes halogenated alkanes) is 1. The number of hydrogen-bond acceptors (Lipinski definition) is 5. The molecule has 0 amide bonds. The number of hydrogen-bond donors (Lipinski definition) is 3. The first-order valence-electron chi connectivity index (χ1n) is 5.18. The Balaban J connectivity index is 3.49. The van der Waals surface area contributed by atoms with Gasteiger partial charge in [0, 0.05) is 6.42 Å². The zero-order valence-corrected chi connectivity index (χ0v) is 9.22. The molecule has 3 unspecified atom stereocenters. The standard InChI is InChI=1S/C10H20O5/c1-7(11)5-3-4-6-9(13)15-10(14)8(2)12/h7-9,11-13H,3-6H2,1-2H3. The van der Waals surface area contributed by atoms with Crippen molar-refractivity contribution in [3.63, 3.8) is 0 Å². The maximum Gasteiger partial charge on any atom is 0.336 e. The van der Waals surface area contributed by atoms with Gasteiger partial charge in [0.2, 0.25) is 6.29 Å². The molecule has 0 aliphatic carbocycles. The summed E-state index contributed by atoms with van der Waals surface area (Å²) in [4.78, 5) is 10.8. The van der Waals surface area contributed by atoms with Gasteiger partial charge < -0.3 is 20.1 Å². The molecule has 0 saturated heterocycles. The Labute approximate surface area is 89.7 Å². The lowest BCUT2D eigenvalue weighted by Crippen LogP contribution is -2.25. The SMILES string of the molecule is CC(O)CCCCC(O)OC(=O)C(C)O. The summed E-state index contributed by atoms with van der Waals surface area (Å²) in [6.45, 7) is 2.98. The van der Waals surface area contributed by atoms with E-state index in [4.69, 9.17) is 10.2 Å². The number of ether oxygens (including phenoxy) is 1. The molecule has 0 spiro atoms. The minimum atomic E-state index is -1.21. The molecule has 0 aromatic carbocycles. The van der Waals surface area contributed by atoms with E-state index in [-0.39, 0.29) is 6.10 Å². The van der Waals surface area contributed by atoms with E-state index in [1.807, 2.05) is 0 Å². The van der Waals surface area contributed by atoms with Crippen LogP contribution in [-0.2, 0) is 9.53 Å². The van der Waals surface area contributed by atoms with Crippen LogP contribution in [0.1, 0.15) is 39.5 Å². The fraction of sp³-hybridized carbons (Fsp3) is 0.900. The normalized spacial score (nSPS) is 16.9. The van der Waals surface area contributed by atoms with Crippen LogP contribution in [-0.4, -0.2) is 39.8 Å². The third kappa shape index (κ3) is 8.35. The van der Waals surface area contributed by atoms with Crippen LogP contribution >= 0.6 is 0 Å². The first kappa shape index (κ1) is 14.3. The zero-order chi connectivity index (χ0) is 11.8. The second-order valence-corrected chi connectivity index (χ2v) is 3.70. The van der Waals surface area contributed by atoms with Crippen molar-refractivity contribution in [1.82, 2.24) is 0 Å². The maximum atomic E-state index is 10.8. The Bertz CT molecular complexity index is 179. The van der Waals surface area contributed by atoms with Gasteiger partial charge in [0.25, 0.3) is 0 Å². The van der Waals surface area contributed by atoms with Crippen molar-refractivity contribution in [3.05, 3.63) is 0 Å². The molecule has 0 saturated carbocycles. The Hall–Kier alpha value is -0.650. The van der Waals surface area contributed by atoms with Crippen LogP contribution < -0.4 is 0 Å². The van der Waals surface area contributed by atoms with Crippen LogP contribution in [0.25, 0.3) is 0 Å². The number of aliphatic hydroxyl groups is 3. The van der Waals surface area contributed by atoms with Crippen molar-refractivity contribution < 1.29 is 24.9 Å². The Kier molecular flexibility index (Phi) is 7.29. The molecule has 0 aliphatic heterocycles. The summed E-state index contributed by atoms with van der Waals surface area (Å²) in [5, 5.41) is 27.0. The average molecular weight is 220 g/mol. The van der Waals surface area contributed by atoms with Crippen LogP contribution in [0.5, 0.6) is 0 Å². The van der Waals surface area contributed by atoms with Crippen LogP contribution in [0.4, 0.5) is 0 Å². The molecule has 0 aromatic rings. The van der Waals surface area contributed by atoms with E-state index in [2.05, 4.69) is 4.74 Å². The van der Waals surface area contributed by atoms with Crippen LogP contribution in [0.2, 0.25) is 0 Å². The average Bonchev–Trinajstić information content (AvgIpc) is 2.12. The Morgan fingerprint density at radius 2 is 1.67 bits per heavy atom. The van der Waals surface area contributed by atoms with E-state index in [0.29, 0.717) is 19.3 Å². The Morgan fingerprint density at radius 1 is 1.13 bits per heavy atom. The molecule has 0 aliphatic rings. The minimum Gasteiger partial charge on any atom is -0.434 e. The van der Waals surface area contributed by atoms with Crippen molar-refractivity contribution in [1.29, 1.82) is 0 Å². The minimum absolute atomic E-state index is 0.325. The smallest absolute Gasteiger partial charge is 0.336 e. The molecule has 0 aromatic heterocycles. The lowest BCUT2D eigenvalue weighted by atomic mass is 10.1. The van der Waals surface area contributed by atoms with E-state index in [1.54, 1.807) is 6.92 Å². The van der Waals surface area contributed by atoms with E-state index < -0.39 is 18.4 Å². The summed E-state index contributed by atoms with van der Waals surface area (Å²) >= 11 is 0. The molecule has 0 rings (SSSR count). The number of esters is 1. The van der Waals surface area contributed by atoms with E-state index >= 15 is 0 Å². The highest BCUT2D eigenvalue weighted by atomic mass is 16.6. The van der Waals surface area contributed by atoms with E-state index in [0.717, 1.165) is 6.42 Å². The van der Waals surface area contributed by atoms with Gasteiger partial charge in [-0.15, -0.1) is 0 Å². The second-order valence-electron chi connectivity index (χ2n) is 3.70. The van der Waals surface area contributed by atoms with Gasteiger partial charge in [-0.25, -0.2) is 4.79 Å². The van der Waals surface area contributed by atoms with E-state index in [1.165, 1.54) is 6.92 Å². The monoisotopic (exact) mass is 220 g/mol. The van der Waals surface area contributed by atoms with Crippen molar-refractivity contribution in [3.8, 4) is 0 Å². The lowest BCUT2D eigenvalue weighted by Gasteiger charge is -2.13. The predicted molar refractivity (Wildman–Crippen MR) is 53.9 cm³/mol. The van der Waals surface area contributed by atoms with Gasteiger partial charge in [0.15, 0.2) is 0 Å². The third-order valence-electron chi connectivity index (χ3n) is 1.92. The molecule has 0 bridgehead atoms. The van der Waals surface area contributed by atoms with Crippen LogP contribution in [0.3, 0.4) is 0 Å². The number of rotatable bonds is 7. The van der Waals surface area contributed by atoms with Gasteiger partial charge in [-0.2, -0.15) is 0 Å². The molecule has 3 N–H and O–H groups in total. The largest absolute Gasteiger partial charge is 0.434 e. The topological polar surface area (TPSA) is 87.0 Å². The van der Waals surface area contributed by atoms with Gasteiger partial charge in [0.05, 0.1) is 6.10 Å². The highest BCUT2D eigenvalue weighted by Gasteiger charge is 2.15. The Morgan fingerprint density at radius 3 is 2.13 bits per heavy atom. The zero-order valence-electron chi connectivity index (χ0n) is 9.22. The highest BCUT2D eigenvalue weighted by Crippen LogP contribution is 2.07. The van der Waals surface area contributed by atoms with Crippen molar-refractivity contribution >= 4 is 5.97 Å². The molecule has 0 heterocycles. The molecule has 3 atom stereocenters. The fourth-order valence-electron chi connectivity index (χ4n) is 1.05. The number of aliphatic hydroxyl groups excluding tert-OH is 3. The third-order valence-corrected chi connectivity index (χ3v) is 1.92. The summed E-state index contributed by atoms with van der Waals surface area (Å²) in [5.41, 5.74) is 0. The number of carbonyl (C=O) groups excluding carboxylic acids is 1. The van der Waals surface area contributed by atoms with Crippen LogP contribution in [0, 0.1) is 0 Å².